The van der Waals surface area contributed by atoms with Crippen molar-refractivity contribution in [2.24, 2.45) is 5.73 Å². The fraction of sp³-hybridized carbons (Fsp3) is 0.529. The summed E-state index contributed by atoms with van der Waals surface area (Å²) in [4.78, 5) is 25.6. The number of nitrogens with one attached hydrogen (secondary N) is 1. The van der Waals surface area contributed by atoms with E-state index in [2.05, 4.69) is 4.72 Å². The Labute approximate surface area is 160 Å². The van der Waals surface area contributed by atoms with Gasteiger partial charge in [0.05, 0.1) is 16.9 Å². The highest BCUT2D eigenvalue weighted by Gasteiger charge is 2.35. The number of hydrogen-bond acceptors (Lipinski definition) is 5. The molecule has 0 spiro atoms. The van der Waals surface area contributed by atoms with Crippen molar-refractivity contribution < 1.29 is 18.0 Å². The average molecular weight is 404 g/mol. The number of imide groups is 1. The molecule has 0 saturated heterocycles. The van der Waals surface area contributed by atoms with Crippen LogP contribution in [-0.4, -0.2) is 49.5 Å². The largest absolute Gasteiger partial charge is 0.329 e. The van der Waals surface area contributed by atoms with E-state index >= 15 is 0 Å². The van der Waals surface area contributed by atoms with Gasteiger partial charge in [-0.2, -0.15) is 0 Å². The Hall–Kier alpha value is -1.48. The van der Waals surface area contributed by atoms with E-state index in [1.807, 2.05) is 13.8 Å². The molecule has 0 aromatic heterocycles. The summed E-state index contributed by atoms with van der Waals surface area (Å²) in [6.45, 7) is 4.06. The number of hydrogen-bond donors (Lipinski definition) is 2. The second-order valence-electron chi connectivity index (χ2n) is 6.27. The molecule has 1 aromatic carbocycles. The number of amides is 2. The van der Waals surface area contributed by atoms with E-state index in [4.69, 9.17) is 5.73 Å². The summed E-state index contributed by atoms with van der Waals surface area (Å²) in [7, 11) is -3.55. The summed E-state index contributed by atoms with van der Waals surface area (Å²) in [5.41, 5.74) is 5.82. The standard InChI is InChI=1S/C17H25N3O4S.ClH/c1-3-17(4-2,12-18)19-25(23,24)11-7-10-20-15(21)13-8-5-6-9-14(13)16(20)22;/h5-6,8-9,19H,3-4,7,10-12,18H2,1-2H3;1H. The van der Waals surface area contributed by atoms with Crippen molar-refractivity contribution in [1.82, 2.24) is 9.62 Å². The third-order valence-corrected chi connectivity index (χ3v) is 6.36. The summed E-state index contributed by atoms with van der Waals surface area (Å²) in [6, 6.07) is 6.60. The predicted molar refractivity (Wildman–Crippen MR) is 103 cm³/mol. The lowest BCUT2D eigenvalue weighted by Crippen LogP contribution is -2.53. The molecule has 9 heteroatoms. The van der Waals surface area contributed by atoms with E-state index in [0.717, 1.165) is 4.90 Å². The molecule has 0 fully saturated rings. The van der Waals surface area contributed by atoms with Crippen LogP contribution in [0.3, 0.4) is 0 Å². The maximum absolute atomic E-state index is 12.3. The SMILES string of the molecule is CCC(CC)(CN)NS(=O)(=O)CCCN1C(=O)c2ccccc2C1=O.Cl. The van der Waals surface area contributed by atoms with E-state index < -0.39 is 15.6 Å². The number of halogens is 1. The third-order valence-electron chi connectivity index (χ3n) is 4.79. The van der Waals surface area contributed by atoms with Gasteiger partial charge >= 0.3 is 0 Å². The smallest absolute Gasteiger partial charge is 0.261 e. The van der Waals surface area contributed by atoms with Crippen LogP contribution in [0.15, 0.2) is 24.3 Å². The van der Waals surface area contributed by atoms with Crippen LogP contribution in [0.5, 0.6) is 0 Å². The Kier molecular flexibility index (Phi) is 7.76. The van der Waals surface area contributed by atoms with Crippen LogP contribution >= 0.6 is 12.4 Å². The fourth-order valence-corrected chi connectivity index (χ4v) is 4.60. The van der Waals surface area contributed by atoms with Gasteiger partial charge in [-0.25, -0.2) is 13.1 Å². The maximum atomic E-state index is 12.3. The van der Waals surface area contributed by atoms with Gasteiger partial charge in [0.25, 0.3) is 11.8 Å². The fourth-order valence-electron chi connectivity index (χ4n) is 2.96. The van der Waals surface area contributed by atoms with Crippen molar-refractivity contribution in [2.45, 2.75) is 38.6 Å². The van der Waals surface area contributed by atoms with E-state index in [9.17, 15) is 18.0 Å². The van der Waals surface area contributed by atoms with Crippen LogP contribution in [0.4, 0.5) is 0 Å². The van der Waals surface area contributed by atoms with Gasteiger partial charge in [0.2, 0.25) is 10.0 Å². The lowest BCUT2D eigenvalue weighted by Gasteiger charge is -2.31. The highest BCUT2D eigenvalue weighted by Crippen LogP contribution is 2.22. The predicted octanol–water partition coefficient (Wildman–Crippen LogP) is 1.53. The topological polar surface area (TPSA) is 110 Å². The molecule has 26 heavy (non-hydrogen) atoms. The molecule has 3 N–H and O–H groups in total. The first-order valence-electron chi connectivity index (χ1n) is 8.46. The van der Waals surface area contributed by atoms with Crippen molar-refractivity contribution in [3.05, 3.63) is 35.4 Å². The molecular weight excluding hydrogens is 378 g/mol. The lowest BCUT2D eigenvalue weighted by molar-refractivity contribution is 0.0654. The van der Waals surface area contributed by atoms with Crippen LogP contribution in [0.25, 0.3) is 0 Å². The third kappa shape index (κ3) is 4.62. The van der Waals surface area contributed by atoms with E-state index in [-0.39, 0.29) is 49.5 Å². The number of fused-ring (bicyclic) bond motifs is 1. The minimum Gasteiger partial charge on any atom is -0.329 e. The molecule has 1 aromatic rings. The summed E-state index contributed by atoms with van der Waals surface area (Å²) >= 11 is 0. The van der Waals surface area contributed by atoms with Crippen molar-refractivity contribution in [3.8, 4) is 0 Å². The summed E-state index contributed by atoms with van der Waals surface area (Å²) in [6.07, 6.45) is 1.37. The number of rotatable bonds is 9. The number of carbonyl (C=O) groups is 2. The van der Waals surface area contributed by atoms with Crippen LogP contribution < -0.4 is 10.5 Å². The monoisotopic (exact) mass is 403 g/mol. The van der Waals surface area contributed by atoms with Crippen molar-refractivity contribution in [3.63, 3.8) is 0 Å². The molecule has 2 rings (SSSR count). The number of nitrogens with zero attached hydrogens (tertiary/aromatic N) is 1. The van der Waals surface area contributed by atoms with Crippen molar-refractivity contribution in [2.75, 3.05) is 18.8 Å². The Morgan fingerprint density at radius 2 is 1.58 bits per heavy atom. The summed E-state index contributed by atoms with van der Waals surface area (Å²) in [5, 5.41) is 0. The van der Waals surface area contributed by atoms with Crippen molar-refractivity contribution in [1.29, 1.82) is 0 Å². The molecule has 1 aliphatic heterocycles. The number of benzene rings is 1. The Balaban J connectivity index is 0.00000338. The molecule has 1 aliphatic rings. The zero-order chi connectivity index (χ0) is 18.7. The van der Waals surface area contributed by atoms with Gasteiger partial charge in [-0.1, -0.05) is 26.0 Å². The van der Waals surface area contributed by atoms with Crippen LogP contribution in [0.1, 0.15) is 53.8 Å². The first-order chi connectivity index (χ1) is 11.8. The van der Waals surface area contributed by atoms with Gasteiger partial charge in [0, 0.05) is 18.6 Å². The van der Waals surface area contributed by atoms with Gasteiger partial charge in [-0.05, 0) is 31.4 Å². The van der Waals surface area contributed by atoms with Crippen LogP contribution in [0, 0.1) is 0 Å². The number of carbonyl (C=O) groups excluding carboxylic acids is 2. The van der Waals surface area contributed by atoms with Gasteiger partial charge in [-0.15, -0.1) is 12.4 Å². The maximum Gasteiger partial charge on any atom is 0.261 e. The molecule has 0 unspecified atom stereocenters. The van der Waals surface area contributed by atoms with E-state index in [1.54, 1.807) is 24.3 Å². The Bertz CT molecular complexity index is 720. The summed E-state index contributed by atoms with van der Waals surface area (Å²) in [5.74, 6) is -0.906. The Morgan fingerprint density at radius 1 is 1.08 bits per heavy atom. The van der Waals surface area contributed by atoms with Gasteiger partial charge in [0.1, 0.15) is 0 Å². The molecule has 7 nitrogen and oxygen atoms in total. The minimum absolute atomic E-state index is 0. The van der Waals surface area contributed by atoms with Gasteiger partial charge < -0.3 is 5.73 Å². The zero-order valence-corrected chi connectivity index (χ0v) is 16.7. The first kappa shape index (κ1) is 22.6. The molecule has 0 atom stereocenters. The number of nitrogens with two attached hydrogens (primary N) is 1. The molecule has 146 valence electrons. The van der Waals surface area contributed by atoms with Gasteiger partial charge in [-0.3, -0.25) is 14.5 Å². The zero-order valence-electron chi connectivity index (χ0n) is 15.0. The molecule has 1 heterocycles. The van der Waals surface area contributed by atoms with Gasteiger partial charge in [0.15, 0.2) is 0 Å². The van der Waals surface area contributed by atoms with E-state index in [0.29, 0.717) is 24.0 Å². The average Bonchev–Trinajstić information content (AvgIpc) is 2.85. The molecule has 0 bridgehead atoms. The minimum atomic E-state index is -3.55. The second-order valence-corrected chi connectivity index (χ2v) is 8.12. The molecular formula is C17H26ClN3O4S. The number of sulfonamides is 1. The molecule has 2 amide bonds. The van der Waals surface area contributed by atoms with E-state index in [1.165, 1.54) is 0 Å². The van der Waals surface area contributed by atoms with Crippen LogP contribution in [0.2, 0.25) is 0 Å². The molecule has 0 saturated carbocycles. The van der Waals surface area contributed by atoms with Crippen molar-refractivity contribution >= 4 is 34.2 Å². The van der Waals surface area contributed by atoms with Crippen LogP contribution in [-0.2, 0) is 10.0 Å². The highest BCUT2D eigenvalue weighted by molar-refractivity contribution is 7.89. The first-order valence-corrected chi connectivity index (χ1v) is 10.1. The normalized spacial score (nSPS) is 14.3. The molecule has 0 aliphatic carbocycles. The molecule has 0 radical (unpaired) electrons. The second kappa shape index (κ2) is 8.94. The highest BCUT2D eigenvalue weighted by atomic mass is 35.5. The summed E-state index contributed by atoms with van der Waals surface area (Å²) < 4.78 is 27.3. The quantitative estimate of drug-likeness (QED) is 0.607. The lowest BCUT2D eigenvalue weighted by atomic mass is 9.95. The Morgan fingerprint density at radius 3 is 2.00 bits per heavy atom.